The number of nitrogens with zero attached hydrogens (tertiary/aromatic N) is 2. The van der Waals surface area contributed by atoms with Crippen LogP contribution in [0.1, 0.15) is 50.7 Å². The molecule has 0 fully saturated rings. The molecule has 0 N–H and O–H groups in total. The Morgan fingerprint density at radius 1 is 0.805 bits per heavy atom. The molecule has 0 spiro atoms. The molecule has 0 saturated carbocycles. The van der Waals surface area contributed by atoms with Crippen molar-refractivity contribution in [2.75, 3.05) is 0 Å². The fourth-order valence-corrected chi connectivity index (χ4v) is 6.51. The molecule has 6 rings (SSSR count). The van der Waals surface area contributed by atoms with Gasteiger partial charge in [-0.1, -0.05) is 93.2 Å². The quantitative estimate of drug-likeness (QED) is 0.0969. The Hall–Kier alpha value is -3.31. The molecule has 0 amide bonds. The summed E-state index contributed by atoms with van der Waals surface area (Å²) >= 11 is 0. The summed E-state index contributed by atoms with van der Waals surface area (Å²) in [5, 5.41) is 1.57. The maximum Gasteiger partial charge on any atom is 0.270 e. The first-order valence-corrected chi connectivity index (χ1v) is 16.9. The van der Waals surface area contributed by atoms with Gasteiger partial charge >= 0.3 is 0 Å². The van der Waals surface area contributed by atoms with Crippen LogP contribution < -0.4 is 5.19 Å². The van der Waals surface area contributed by atoms with E-state index in [0.29, 0.717) is 5.58 Å². The van der Waals surface area contributed by atoms with Crippen LogP contribution in [0.4, 0.5) is 4.11 Å². The van der Waals surface area contributed by atoms with E-state index in [0.717, 1.165) is 38.7 Å². The van der Waals surface area contributed by atoms with E-state index in [1.807, 2.05) is 30.3 Å². The Morgan fingerprint density at radius 2 is 1.44 bits per heavy atom. The average Bonchev–Trinajstić information content (AvgIpc) is 3.53. The van der Waals surface area contributed by atoms with Gasteiger partial charge in [0, 0.05) is 37.6 Å². The van der Waals surface area contributed by atoms with Crippen molar-refractivity contribution in [3.05, 3.63) is 102 Å². The SMILES string of the molecule is CC(C)c1cc(-c2ccccc2)cc(C(C)C)c1-n1c(-c2[c-]oc3ccc([Si](C)(C)F)cc23)nc2ccccc21.[Ir]. The fraction of sp³-hybridized carbons (Fsp3) is 0.229. The second-order valence-corrected chi connectivity index (χ2v) is 15.2. The molecule has 0 atom stereocenters. The number of fused-ring (bicyclic) bond motifs is 2. The van der Waals surface area contributed by atoms with Gasteiger partial charge in [-0.3, -0.25) is 4.98 Å². The smallest absolute Gasteiger partial charge is 0.270 e. The zero-order valence-corrected chi connectivity index (χ0v) is 27.6. The van der Waals surface area contributed by atoms with Crippen LogP contribution in [0.25, 0.3) is 50.2 Å². The summed E-state index contributed by atoms with van der Waals surface area (Å²) < 4.78 is 23.3. The van der Waals surface area contributed by atoms with E-state index in [-0.39, 0.29) is 31.9 Å². The molecule has 1 radical (unpaired) electrons. The third-order valence-corrected chi connectivity index (χ3v) is 9.41. The van der Waals surface area contributed by atoms with Gasteiger partial charge in [-0.05, 0) is 76.6 Å². The van der Waals surface area contributed by atoms with Gasteiger partial charge in [0.05, 0.1) is 16.9 Å². The van der Waals surface area contributed by atoms with E-state index in [1.54, 1.807) is 13.1 Å². The van der Waals surface area contributed by atoms with Crippen molar-refractivity contribution >= 4 is 35.6 Å². The molecule has 41 heavy (non-hydrogen) atoms. The minimum Gasteiger partial charge on any atom is -0.557 e. The zero-order valence-electron chi connectivity index (χ0n) is 24.3. The Morgan fingerprint density at radius 3 is 2.07 bits per heavy atom. The Labute approximate surface area is 256 Å². The number of aromatic nitrogens is 2. The van der Waals surface area contributed by atoms with E-state index in [4.69, 9.17) is 9.40 Å². The van der Waals surface area contributed by atoms with Gasteiger partial charge in [0.1, 0.15) is 0 Å². The molecule has 2 aromatic heterocycles. The number of hydrogen-bond donors (Lipinski definition) is 0. The summed E-state index contributed by atoms with van der Waals surface area (Å²) in [5.41, 5.74) is 9.41. The van der Waals surface area contributed by atoms with E-state index in [9.17, 15) is 0 Å². The average molecular weight is 738 g/mol. The standard InChI is InChI=1S/C35H34FN2OSi.Ir/c1-22(2)27-18-25(24-12-8-7-9-13-24)19-28(23(3)4)34(27)38-32-15-11-10-14-31(32)37-35(38)30-21-39-33-17-16-26(20-29(30)33)40(5,6)36;/h7-20,22-23H,1-6H3;/q-1;. The normalized spacial score (nSPS) is 12.0. The van der Waals surface area contributed by atoms with Crippen molar-refractivity contribution < 1.29 is 28.6 Å². The topological polar surface area (TPSA) is 31.0 Å². The Kier molecular flexibility index (Phi) is 7.95. The summed E-state index contributed by atoms with van der Waals surface area (Å²) in [7, 11) is -3.03. The van der Waals surface area contributed by atoms with Crippen LogP contribution in [0.3, 0.4) is 0 Å². The zero-order chi connectivity index (χ0) is 28.2. The summed E-state index contributed by atoms with van der Waals surface area (Å²) in [4.78, 5) is 5.14. The van der Waals surface area contributed by atoms with E-state index in [1.165, 1.54) is 22.3 Å². The van der Waals surface area contributed by atoms with E-state index >= 15 is 4.11 Å². The molecule has 6 aromatic rings. The first-order valence-electron chi connectivity index (χ1n) is 14.0. The number of benzene rings is 4. The number of hydrogen-bond acceptors (Lipinski definition) is 2. The van der Waals surface area contributed by atoms with Crippen LogP contribution >= 0.6 is 0 Å². The predicted molar refractivity (Wildman–Crippen MR) is 167 cm³/mol. The molecule has 211 valence electrons. The molecule has 3 nitrogen and oxygen atoms in total. The number of halogens is 1. The van der Waals surface area contributed by atoms with Crippen LogP contribution in [0.5, 0.6) is 0 Å². The second kappa shape index (κ2) is 11.2. The summed E-state index contributed by atoms with van der Waals surface area (Å²) in [5.74, 6) is 1.28. The molecule has 2 heterocycles. The molecule has 0 bridgehead atoms. The summed E-state index contributed by atoms with van der Waals surface area (Å²) in [6, 6.07) is 29.1. The first-order chi connectivity index (χ1) is 19.1. The minimum atomic E-state index is -3.03. The summed E-state index contributed by atoms with van der Waals surface area (Å²) in [6.07, 6.45) is 3.15. The van der Waals surface area contributed by atoms with Gasteiger partial charge in [0.2, 0.25) is 0 Å². The predicted octanol–water partition coefficient (Wildman–Crippen LogP) is 9.53. The molecule has 6 heteroatoms. The van der Waals surface area contributed by atoms with Gasteiger partial charge in [0.15, 0.2) is 0 Å². The maximum absolute atomic E-state index is 15.1. The van der Waals surface area contributed by atoms with Gasteiger partial charge in [0.25, 0.3) is 8.41 Å². The molecule has 0 aliphatic carbocycles. The van der Waals surface area contributed by atoms with E-state index < -0.39 is 8.41 Å². The second-order valence-electron chi connectivity index (χ2n) is 11.7. The maximum atomic E-state index is 15.1. The molecular weight excluding hydrogens is 704 g/mol. The van der Waals surface area contributed by atoms with Crippen LogP contribution in [-0.2, 0) is 20.1 Å². The molecule has 0 unspecified atom stereocenters. The third-order valence-electron chi connectivity index (χ3n) is 7.73. The van der Waals surface area contributed by atoms with Gasteiger partial charge in [-0.15, -0.1) is 6.07 Å². The van der Waals surface area contributed by atoms with E-state index in [2.05, 4.69) is 93.1 Å². The van der Waals surface area contributed by atoms with Crippen LogP contribution in [0, 0.1) is 6.26 Å². The van der Waals surface area contributed by atoms with Crippen molar-refractivity contribution in [2.45, 2.75) is 52.6 Å². The molecule has 0 aliphatic heterocycles. The first kappa shape index (κ1) is 29.2. The number of para-hydroxylation sites is 2. The summed E-state index contributed by atoms with van der Waals surface area (Å²) in [6.45, 7) is 12.4. The minimum absolute atomic E-state index is 0. The van der Waals surface area contributed by atoms with Crippen molar-refractivity contribution in [3.63, 3.8) is 0 Å². The third kappa shape index (κ3) is 5.25. The fourth-order valence-electron chi connectivity index (χ4n) is 5.55. The molecule has 0 aliphatic rings. The number of furan rings is 1. The Bertz CT molecular complexity index is 1820. The molecular formula is C35H34FIrN2OSi-. The number of rotatable bonds is 6. The molecule has 0 saturated heterocycles. The van der Waals surface area contributed by atoms with Crippen molar-refractivity contribution in [1.82, 2.24) is 9.55 Å². The van der Waals surface area contributed by atoms with Crippen molar-refractivity contribution in [3.8, 4) is 28.2 Å². The van der Waals surface area contributed by atoms with Crippen LogP contribution in [-0.4, -0.2) is 18.0 Å². The van der Waals surface area contributed by atoms with Gasteiger partial charge in [-0.25, -0.2) is 0 Å². The van der Waals surface area contributed by atoms with Crippen LogP contribution in [0.2, 0.25) is 13.1 Å². The van der Waals surface area contributed by atoms with Gasteiger partial charge < -0.3 is 13.1 Å². The van der Waals surface area contributed by atoms with Crippen LogP contribution in [0.15, 0.2) is 89.3 Å². The monoisotopic (exact) mass is 738 g/mol. The Balaban J connectivity index is 0.00000337. The largest absolute Gasteiger partial charge is 0.557 e. The molecule has 4 aromatic carbocycles. The van der Waals surface area contributed by atoms with Gasteiger partial charge in [-0.2, -0.15) is 0 Å². The van der Waals surface area contributed by atoms with Crippen molar-refractivity contribution in [2.24, 2.45) is 0 Å². The number of imidazole rings is 1. The van der Waals surface area contributed by atoms with Crippen molar-refractivity contribution in [1.29, 1.82) is 0 Å².